The molecule has 0 N–H and O–H groups in total. The molecule has 3 fully saturated rings. The number of amides is 2. The topological polar surface area (TPSA) is 37.4 Å². The van der Waals surface area contributed by atoms with Crippen LogP contribution in [0.3, 0.4) is 0 Å². The molecule has 4 bridgehead atoms. The van der Waals surface area contributed by atoms with Gasteiger partial charge in [0.2, 0.25) is 11.8 Å². The molecular formula is C23H23NO2. The summed E-state index contributed by atoms with van der Waals surface area (Å²) in [4.78, 5) is 28.0. The lowest BCUT2D eigenvalue weighted by molar-refractivity contribution is -0.123. The first-order valence-corrected chi connectivity index (χ1v) is 9.93. The minimum Gasteiger partial charge on any atom is -0.274 e. The van der Waals surface area contributed by atoms with Gasteiger partial charge in [0.1, 0.15) is 0 Å². The van der Waals surface area contributed by atoms with Crippen LogP contribution in [0.1, 0.15) is 33.1 Å². The Hall–Kier alpha value is -2.16. The van der Waals surface area contributed by atoms with E-state index in [2.05, 4.69) is 13.8 Å². The zero-order valence-corrected chi connectivity index (χ0v) is 15.2. The van der Waals surface area contributed by atoms with Gasteiger partial charge in [-0.05, 0) is 57.1 Å². The van der Waals surface area contributed by atoms with E-state index in [1.165, 1.54) is 23.3 Å². The van der Waals surface area contributed by atoms with Crippen LogP contribution < -0.4 is 4.90 Å². The van der Waals surface area contributed by atoms with E-state index in [0.717, 1.165) is 12.1 Å². The number of hydrogen-bond acceptors (Lipinski definition) is 2. The first kappa shape index (κ1) is 15.0. The zero-order chi connectivity index (χ0) is 17.7. The Kier molecular flexibility index (Phi) is 2.74. The van der Waals surface area contributed by atoms with Crippen molar-refractivity contribution in [1.82, 2.24) is 0 Å². The Balaban J connectivity index is 1.43. The van der Waals surface area contributed by atoms with Crippen molar-refractivity contribution in [3.05, 3.63) is 52.6 Å². The summed E-state index contributed by atoms with van der Waals surface area (Å²) in [5.41, 5.74) is 6.99. The van der Waals surface area contributed by atoms with Gasteiger partial charge in [0.05, 0.1) is 17.5 Å². The SMILES string of the molecule is CC(C)=C1[C@H]2CC[C@H]1C1=C2[C@H]2C[C@H]1[C@@H]1C(=O)N(c3ccccc3)C(=O)[C@H]12. The second kappa shape index (κ2) is 4.76. The van der Waals surface area contributed by atoms with E-state index in [0.29, 0.717) is 23.7 Å². The highest BCUT2D eigenvalue weighted by molar-refractivity contribution is 6.23. The van der Waals surface area contributed by atoms with Crippen LogP contribution in [0.25, 0.3) is 0 Å². The van der Waals surface area contributed by atoms with Gasteiger partial charge in [-0.15, -0.1) is 0 Å². The highest BCUT2D eigenvalue weighted by Gasteiger charge is 2.67. The van der Waals surface area contributed by atoms with Crippen LogP contribution in [-0.4, -0.2) is 11.8 Å². The maximum atomic E-state index is 13.3. The van der Waals surface area contributed by atoms with Crippen molar-refractivity contribution in [2.45, 2.75) is 33.1 Å². The van der Waals surface area contributed by atoms with E-state index in [1.54, 1.807) is 16.7 Å². The molecule has 2 amide bonds. The molecule has 5 aliphatic rings. The Morgan fingerprint density at radius 3 is 1.92 bits per heavy atom. The Bertz CT molecular complexity index is 873. The summed E-state index contributed by atoms with van der Waals surface area (Å²) in [6.07, 6.45) is 3.54. The molecule has 3 heteroatoms. The van der Waals surface area contributed by atoms with Gasteiger partial charge in [-0.2, -0.15) is 0 Å². The van der Waals surface area contributed by atoms with E-state index < -0.39 is 0 Å². The molecule has 4 aliphatic carbocycles. The third kappa shape index (κ3) is 1.53. The van der Waals surface area contributed by atoms with Gasteiger partial charge in [0, 0.05) is 11.8 Å². The maximum Gasteiger partial charge on any atom is 0.238 e. The Morgan fingerprint density at radius 2 is 1.42 bits per heavy atom. The highest BCUT2D eigenvalue weighted by atomic mass is 16.2. The van der Waals surface area contributed by atoms with Gasteiger partial charge >= 0.3 is 0 Å². The number of allylic oxidation sites excluding steroid dienone is 4. The highest BCUT2D eigenvalue weighted by Crippen LogP contribution is 2.70. The van der Waals surface area contributed by atoms with Crippen LogP contribution in [0, 0.1) is 35.5 Å². The standard InChI is InChI=1S/C23H23NO2/c1-11(2)17-13-8-9-14(17)19-16-10-15(18(13)19)20-21(16)23(26)24(22(20)25)12-6-4-3-5-7-12/h3-7,13-16,20-21H,8-10H2,1-2H3/t13-,14-,15-,16-,20+,21+/m1/s1. The van der Waals surface area contributed by atoms with E-state index in [4.69, 9.17) is 0 Å². The fourth-order valence-corrected chi connectivity index (χ4v) is 7.18. The van der Waals surface area contributed by atoms with Crippen molar-refractivity contribution in [2.24, 2.45) is 35.5 Å². The zero-order valence-electron chi connectivity index (χ0n) is 15.2. The summed E-state index contributed by atoms with van der Waals surface area (Å²) in [5, 5.41) is 0. The molecule has 0 unspecified atom stereocenters. The normalized spacial score (nSPS) is 39.3. The average Bonchev–Trinajstić information content (AvgIpc) is 3.40. The number of carbonyl (C=O) groups is 2. The lowest BCUT2D eigenvalue weighted by Gasteiger charge is -2.29. The number of rotatable bonds is 1. The van der Waals surface area contributed by atoms with Crippen molar-refractivity contribution < 1.29 is 9.59 Å². The summed E-state index contributed by atoms with van der Waals surface area (Å²) in [6, 6.07) is 9.49. The van der Waals surface area contributed by atoms with Crippen LogP contribution in [0.4, 0.5) is 5.69 Å². The van der Waals surface area contributed by atoms with Crippen LogP contribution in [0.5, 0.6) is 0 Å². The largest absolute Gasteiger partial charge is 0.274 e. The fourth-order valence-electron chi connectivity index (χ4n) is 7.18. The second-order valence-corrected chi connectivity index (χ2v) is 8.90. The summed E-state index contributed by atoms with van der Waals surface area (Å²) in [6.45, 7) is 4.47. The molecule has 1 saturated heterocycles. The second-order valence-electron chi connectivity index (χ2n) is 8.90. The number of anilines is 1. The number of imide groups is 1. The monoisotopic (exact) mass is 345 g/mol. The minimum atomic E-state index is -0.107. The number of nitrogens with zero attached hydrogens (tertiary/aromatic N) is 1. The lowest BCUT2D eigenvalue weighted by atomic mass is 9.72. The van der Waals surface area contributed by atoms with Gasteiger partial charge in [-0.25, -0.2) is 0 Å². The van der Waals surface area contributed by atoms with Crippen molar-refractivity contribution in [3.63, 3.8) is 0 Å². The summed E-state index contributed by atoms with van der Waals surface area (Å²) in [5.74, 6) is 1.66. The van der Waals surface area contributed by atoms with Crippen molar-refractivity contribution >= 4 is 17.5 Å². The third-order valence-corrected chi connectivity index (χ3v) is 7.74. The number of carbonyl (C=O) groups excluding carboxylic acids is 2. The predicted molar refractivity (Wildman–Crippen MR) is 99.1 cm³/mol. The summed E-state index contributed by atoms with van der Waals surface area (Å²) >= 11 is 0. The van der Waals surface area contributed by atoms with Crippen LogP contribution in [0.2, 0.25) is 0 Å². The molecule has 2 saturated carbocycles. The van der Waals surface area contributed by atoms with Gasteiger partial charge in [-0.3, -0.25) is 14.5 Å². The molecule has 26 heavy (non-hydrogen) atoms. The van der Waals surface area contributed by atoms with Crippen LogP contribution in [-0.2, 0) is 9.59 Å². The van der Waals surface area contributed by atoms with Crippen LogP contribution >= 0.6 is 0 Å². The minimum absolute atomic E-state index is 0.0479. The van der Waals surface area contributed by atoms with Gasteiger partial charge in [0.15, 0.2) is 0 Å². The molecule has 3 nitrogen and oxygen atoms in total. The smallest absolute Gasteiger partial charge is 0.238 e. The number of fused-ring (bicyclic) bond motifs is 11. The Labute approximate surface area is 153 Å². The third-order valence-electron chi connectivity index (χ3n) is 7.74. The molecule has 132 valence electrons. The first-order chi connectivity index (χ1) is 12.6. The van der Waals surface area contributed by atoms with E-state index >= 15 is 0 Å². The van der Waals surface area contributed by atoms with E-state index in [9.17, 15) is 9.59 Å². The van der Waals surface area contributed by atoms with Gasteiger partial charge < -0.3 is 0 Å². The molecule has 0 aromatic heterocycles. The lowest BCUT2D eigenvalue weighted by Crippen LogP contribution is -2.33. The van der Waals surface area contributed by atoms with Crippen molar-refractivity contribution in [3.8, 4) is 0 Å². The Morgan fingerprint density at radius 1 is 0.885 bits per heavy atom. The van der Waals surface area contributed by atoms with E-state index in [1.807, 2.05) is 30.3 Å². The molecule has 1 aromatic carbocycles. The fraction of sp³-hybridized carbons (Fsp3) is 0.478. The molecule has 1 aromatic rings. The van der Waals surface area contributed by atoms with Gasteiger partial charge in [-0.1, -0.05) is 40.5 Å². The number of hydrogen-bond donors (Lipinski definition) is 0. The van der Waals surface area contributed by atoms with Crippen molar-refractivity contribution in [2.75, 3.05) is 4.90 Å². The molecule has 6 rings (SSSR count). The van der Waals surface area contributed by atoms with Crippen molar-refractivity contribution in [1.29, 1.82) is 0 Å². The van der Waals surface area contributed by atoms with Gasteiger partial charge in [0.25, 0.3) is 0 Å². The predicted octanol–water partition coefficient (Wildman–Crippen LogP) is 4.11. The average molecular weight is 345 g/mol. The molecule has 0 radical (unpaired) electrons. The quantitative estimate of drug-likeness (QED) is 0.436. The maximum absolute atomic E-state index is 13.3. The molecule has 6 atom stereocenters. The number of benzene rings is 1. The molecular weight excluding hydrogens is 322 g/mol. The van der Waals surface area contributed by atoms with Crippen LogP contribution in [0.15, 0.2) is 52.6 Å². The molecule has 1 aliphatic heterocycles. The summed E-state index contributed by atoms with van der Waals surface area (Å²) < 4.78 is 0. The van der Waals surface area contributed by atoms with E-state index in [-0.39, 0.29) is 23.7 Å². The molecule has 0 spiro atoms. The summed E-state index contributed by atoms with van der Waals surface area (Å²) in [7, 11) is 0. The number of para-hydroxylation sites is 1. The molecule has 1 heterocycles. The first-order valence-electron chi connectivity index (χ1n) is 9.93.